The number of fused-ring (bicyclic) bond motifs is 1. The van der Waals surface area contributed by atoms with Crippen LogP contribution in [0.5, 0.6) is 5.75 Å². The van der Waals surface area contributed by atoms with Crippen molar-refractivity contribution in [2.75, 3.05) is 32.1 Å². The van der Waals surface area contributed by atoms with E-state index in [1.807, 2.05) is 65.9 Å². The number of aryl methyl sites for hydroxylation is 1. The lowest BCUT2D eigenvalue weighted by atomic mass is 10.2. The number of likely N-dealkylation sites (tertiary alicyclic amines) is 1. The average molecular weight is 436 g/mol. The van der Waals surface area contributed by atoms with Gasteiger partial charge in [0.25, 0.3) is 5.91 Å². The quantitative estimate of drug-likeness (QED) is 0.637. The molecule has 0 atom stereocenters. The molecule has 1 saturated heterocycles. The summed E-state index contributed by atoms with van der Waals surface area (Å²) in [6, 6.07) is 12.7. The number of nitrogens with zero attached hydrogens (tertiary/aromatic N) is 4. The number of ether oxygens (including phenoxy) is 1. The number of carbonyl (C=O) groups is 2. The Kier molecular flexibility index (Phi) is 6.30. The van der Waals surface area contributed by atoms with Crippen molar-refractivity contribution >= 4 is 28.7 Å². The highest BCUT2D eigenvalue weighted by atomic mass is 16.5. The highest BCUT2D eigenvalue weighted by Gasteiger charge is 2.21. The van der Waals surface area contributed by atoms with Crippen LogP contribution >= 0.6 is 0 Å². The van der Waals surface area contributed by atoms with Crippen molar-refractivity contribution in [1.82, 2.24) is 19.4 Å². The van der Waals surface area contributed by atoms with Gasteiger partial charge in [0.05, 0.1) is 29.9 Å². The zero-order valence-electron chi connectivity index (χ0n) is 18.8. The number of para-hydroxylation sites is 2. The molecule has 8 nitrogen and oxygen atoms in total. The molecular formula is C24H29N5O3. The maximum Gasteiger partial charge on any atom is 0.322 e. The number of urea groups is 1. The van der Waals surface area contributed by atoms with Gasteiger partial charge >= 0.3 is 6.03 Å². The largest absolute Gasteiger partial charge is 0.492 e. The Morgan fingerprint density at radius 1 is 1.16 bits per heavy atom. The molecule has 1 aliphatic heterocycles. The number of carbonyl (C=O) groups excluding carboxylic acids is 2. The van der Waals surface area contributed by atoms with E-state index in [2.05, 4.69) is 5.32 Å². The Morgan fingerprint density at radius 3 is 2.66 bits per heavy atom. The van der Waals surface area contributed by atoms with Crippen LogP contribution in [0.25, 0.3) is 11.0 Å². The number of anilines is 1. The van der Waals surface area contributed by atoms with Crippen LogP contribution in [0.4, 0.5) is 10.5 Å². The van der Waals surface area contributed by atoms with Crippen LogP contribution in [0.2, 0.25) is 0 Å². The molecule has 0 radical (unpaired) electrons. The molecule has 168 valence electrons. The van der Waals surface area contributed by atoms with Crippen LogP contribution in [-0.2, 0) is 13.6 Å². The fourth-order valence-corrected chi connectivity index (χ4v) is 3.97. The second-order valence-corrected chi connectivity index (χ2v) is 8.01. The molecular weight excluding hydrogens is 406 g/mol. The summed E-state index contributed by atoms with van der Waals surface area (Å²) in [5.41, 5.74) is 2.96. The van der Waals surface area contributed by atoms with Crippen molar-refractivity contribution in [2.45, 2.75) is 26.3 Å². The molecule has 32 heavy (non-hydrogen) atoms. The standard InChI is InChI=1S/C24H29N5O3/c1-4-32-21-10-6-5-9-18(21)26-24(31)27(2)16-22-25-19-15-17(11-12-20(19)28(22)3)23(30)29-13-7-8-14-29/h5-6,9-12,15H,4,7-8,13-14,16H2,1-3H3,(H,26,31). The van der Waals surface area contributed by atoms with Crippen LogP contribution in [-0.4, -0.2) is 58.0 Å². The van der Waals surface area contributed by atoms with E-state index >= 15 is 0 Å². The molecule has 2 heterocycles. The van der Waals surface area contributed by atoms with E-state index in [9.17, 15) is 9.59 Å². The molecule has 8 heteroatoms. The second-order valence-electron chi connectivity index (χ2n) is 8.01. The van der Waals surface area contributed by atoms with E-state index in [1.54, 1.807) is 11.9 Å². The zero-order chi connectivity index (χ0) is 22.7. The van der Waals surface area contributed by atoms with Gasteiger partial charge in [-0.15, -0.1) is 0 Å². The summed E-state index contributed by atoms with van der Waals surface area (Å²) in [5, 5.41) is 2.90. The third-order valence-electron chi connectivity index (χ3n) is 5.77. The first kappa shape index (κ1) is 21.7. The first-order valence-corrected chi connectivity index (χ1v) is 11.0. The SMILES string of the molecule is CCOc1ccccc1NC(=O)N(C)Cc1nc2cc(C(=O)N3CCCC3)ccc2n1C. The molecule has 0 spiro atoms. The summed E-state index contributed by atoms with van der Waals surface area (Å²) >= 11 is 0. The summed E-state index contributed by atoms with van der Waals surface area (Å²) in [6.45, 7) is 4.38. The van der Waals surface area contributed by atoms with Gasteiger partial charge in [0.1, 0.15) is 11.6 Å². The number of benzene rings is 2. The van der Waals surface area contributed by atoms with E-state index in [4.69, 9.17) is 9.72 Å². The minimum Gasteiger partial charge on any atom is -0.492 e. The lowest BCUT2D eigenvalue weighted by molar-refractivity contribution is 0.0793. The molecule has 0 aliphatic carbocycles. The van der Waals surface area contributed by atoms with Crippen LogP contribution in [0.15, 0.2) is 42.5 Å². The van der Waals surface area contributed by atoms with Crippen LogP contribution in [0.1, 0.15) is 35.9 Å². The summed E-state index contributed by atoms with van der Waals surface area (Å²) in [7, 11) is 3.64. The number of aromatic nitrogens is 2. The van der Waals surface area contributed by atoms with Crippen LogP contribution in [0, 0.1) is 0 Å². The second kappa shape index (κ2) is 9.30. The molecule has 1 aliphatic rings. The van der Waals surface area contributed by atoms with Gasteiger partial charge in [-0.25, -0.2) is 9.78 Å². The number of imidazole rings is 1. The van der Waals surface area contributed by atoms with Gasteiger partial charge < -0.3 is 24.4 Å². The van der Waals surface area contributed by atoms with Crippen molar-refractivity contribution in [1.29, 1.82) is 0 Å². The summed E-state index contributed by atoms with van der Waals surface area (Å²) in [6.07, 6.45) is 2.12. The van der Waals surface area contributed by atoms with E-state index < -0.39 is 0 Å². The maximum atomic E-state index is 12.8. The Balaban J connectivity index is 1.49. The fourth-order valence-electron chi connectivity index (χ4n) is 3.97. The van der Waals surface area contributed by atoms with Crippen molar-refractivity contribution in [3.63, 3.8) is 0 Å². The predicted molar refractivity (Wildman–Crippen MR) is 124 cm³/mol. The highest BCUT2D eigenvalue weighted by Crippen LogP contribution is 2.24. The molecule has 0 bridgehead atoms. The van der Waals surface area contributed by atoms with E-state index in [0.717, 1.165) is 42.8 Å². The lowest BCUT2D eigenvalue weighted by Crippen LogP contribution is -2.31. The molecule has 1 N–H and O–H groups in total. The van der Waals surface area contributed by atoms with Gasteiger partial charge in [-0.3, -0.25) is 4.79 Å². The minimum atomic E-state index is -0.255. The molecule has 1 fully saturated rings. The molecule has 1 aromatic heterocycles. The number of rotatable bonds is 6. The van der Waals surface area contributed by atoms with Crippen molar-refractivity contribution in [2.24, 2.45) is 7.05 Å². The van der Waals surface area contributed by atoms with Crippen molar-refractivity contribution in [3.8, 4) is 5.75 Å². The van der Waals surface area contributed by atoms with E-state index in [-0.39, 0.29) is 11.9 Å². The first-order chi connectivity index (χ1) is 15.5. The normalized spacial score (nSPS) is 13.4. The monoisotopic (exact) mass is 435 g/mol. The van der Waals surface area contributed by atoms with Crippen molar-refractivity contribution in [3.05, 3.63) is 53.9 Å². The number of hydrogen-bond donors (Lipinski definition) is 1. The third-order valence-corrected chi connectivity index (χ3v) is 5.77. The molecule has 0 unspecified atom stereocenters. The topological polar surface area (TPSA) is 79.7 Å². The minimum absolute atomic E-state index is 0.0565. The van der Waals surface area contributed by atoms with Crippen molar-refractivity contribution < 1.29 is 14.3 Å². The van der Waals surface area contributed by atoms with Gasteiger partial charge in [-0.05, 0) is 50.1 Å². The lowest BCUT2D eigenvalue weighted by Gasteiger charge is -2.19. The van der Waals surface area contributed by atoms with Crippen LogP contribution in [0.3, 0.4) is 0 Å². The first-order valence-electron chi connectivity index (χ1n) is 11.0. The summed E-state index contributed by atoms with van der Waals surface area (Å²) in [5.74, 6) is 1.43. The van der Waals surface area contributed by atoms with Gasteiger partial charge in [-0.1, -0.05) is 12.1 Å². The highest BCUT2D eigenvalue weighted by molar-refractivity contribution is 5.97. The molecule has 0 saturated carbocycles. The zero-order valence-corrected chi connectivity index (χ0v) is 18.8. The average Bonchev–Trinajstić information content (AvgIpc) is 3.43. The Bertz CT molecular complexity index is 1130. The Labute approximate surface area is 187 Å². The van der Waals surface area contributed by atoms with E-state index in [1.165, 1.54) is 0 Å². The Morgan fingerprint density at radius 2 is 1.91 bits per heavy atom. The molecule has 2 aromatic carbocycles. The molecule has 3 aromatic rings. The smallest absolute Gasteiger partial charge is 0.322 e. The number of hydrogen-bond acceptors (Lipinski definition) is 4. The predicted octanol–water partition coefficient (Wildman–Crippen LogP) is 3.87. The third kappa shape index (κ3) is 4.39. The summed E-state index contributed by atoms with van der Waals surface area (Å²) in [4.78, 5) is 33.6. The Hall–Kier alpha value is -3.55. The van der Waals surface area contributed by atoms with Gasteiger partial charge in [0, 0.05) is 32.7 Å². The van der Waals surface area contributed by atoms with E-state index in [0.29, 0.717) is 30.2 Å². The van der Waals surface area contributed by atoms with Gasteiger partial charge in [0.15, 0.2) is 0 Å². The van der Waals surface area contributed by atoms with Gasteiger partial charge in [-0.2, -0.15) is 0 Å². The molecule has 4 rings (SSSR count). The maximum absolute atomic E-state index is 12.8. The fraction of sp³-hybridized carbons (Fsp3) is 0.375. The van der Waals surface area contributed by atoms with Gasteiger partial charge in [0.2, 0.25) is 0 Å². The van der Waals surface area contributed by atoms with Crippen LogP contribution < -0.4 is 10.1 Å². The molecule has 3 amide bonds. The number of amides is 3. The number of nitrogens with one attached hydrogen (secondary N) is 1. The summed E-state index contributed by atoms with van der Waals surface area (Å²) < 4.78 is 7.54.